The van der Waals surface area contributed by atoms with Gasteiger partial charge in [-0.2, -0.15) is 0 Å². The van der Waals surface area contributed by atoms with Crippen molar-refractivity contribution in [2.24, 2.45) is 0 Å². The average Bonchev–Trinajstić information content (AvgIpc) is 2.80. The van der Waals surface area contributed by atoms with Gasteiger partial charge < -0.3 is 10.3 Å². The summed E-state index contributed by atoms with van der Waals surface area (Å²) in [4.78, 5) is 1.16. The summed E-state index contributed by atoms with van der Waals surface area (Å²) in [6, 6.07) is 2.00. The Kier molecular flexibility index (Phi) is 1.82. The van der Waals surface area contributed by atoms with E-state index in [0.717, 1.165) is 34.5 Å². The summed E-state index contributed by atoms with van der Waals surface area (Å²) in [5.41, 5.74) is 6.99. The average molecular weight is 220 g/mol. The third-order valence-corrected chi connectivity index (χ3v) is 3.81. The zero-order valence-electron chi connectivity index (χ0n) is 8.53. The van der Waals surface area contributed by atoms with Gasteiger partial charge in [-0.3, -0.25) is 0 Å². The minimum Gasteiger partial charge on any atom is -0.391 e. The number of nitrogens with zero attached hydrogens (tertiary/aromatic N) is 3. The van der Waals surface area contributed by atoms with Crippen LogP contribution in [0.3, 0.4) is 0 Å². The highest BCUT2D eigenvalue weighted by molar-refractivity contribution is 7.19. The van der Waals surface area contributed by atoms with Crippen molar-refractivity contribution < 1.29 is 0 Å². The fourth-order valence-electron chi connectivity index (χ4n) is 2.05. The number of anilines is 1. The lowest BCUT2D eigenvalue weighted by molar-refractivity contribution is 0.749. The van der Waals surface area contributed by atoms with E-state index in [4.69, 9.17) is 5.73 Å². The Morgan fingerprint density at radius 1 is 1.47 bits per heavy atom. The number of thiophene rings is 1. The second-order valence-corrected chi connectivity index (χ2v) is 4.94. The van der Waals surface area contributed by atoms with Gasteiger partial charge in [-0.1, -0.05) is 0 Å². The Balaban J connectivity index is 2.16. The molecule has 4 nitrogen and oxygen atoms in total. The third kappa shape index (κ3) is 1.26. The Morgan fingerprint density at radius 2 is 2.33 bits per heavy atom. The first-order valence-electron chi connectivity index (χ1n) is 5.04. The number of nitrogen functional groups attached to an aromatic ring is 1. The maximum absolute atomic E-state index is 5.79. The normalized spacial score (nSPS) is 14.5. The maximum Gasteiger partial charge on any atom is 0.174 e. The fourth-order valence-corrected chi connectivity index (χ4v) is 2.98. The zero-order chi connectivity index (χ0) is 10.4. The van der Waals surface area contributed by atoms with E-state index < -0.39 is 0 Å². The summed E-state index contributed by atoms with van der Waals surface area (Å²) in [6.45, 7) is 3.10. The van der Waals surface area contributed by atoms with Gasteiger partial charge in [0.15, 0.2) is 5.82 Å². The maximum atomic E-state index is 5.79. The standard InChI is InChI=1S/C10H12N4S/c1-6-5-7(11)15-9(6)10-13-12-8-3-2-4-14(8)10/h5H,2-4,11H2,1H3. The Labute approximate surface area is 91.7 Å². The lowest BCUT2D eigenvalue weighted by Gasteiger charge is -2.00. The summed E-state index contributed by atoms with van der Waals surface area (Å²) < 4.78 is 2.21. The first-order chi connectivity index (χ1) is 7.25. The largest absolute Gasteiger partial charge is 0.391 e. The number of fused-ring (bicyclic) bond motifs is 1. The van der Waals surface area contributed by atoms with Crippen LogP contribution >= 0.6 is 11.3 Å². The van der Waals surface area contributed by atoms with Gasteiger partial charge >= 0.3 is 0 Å². The van der Waals surface area contributed by atoms with Gasteiger partial charge in [0.2, 0.25) is 0 Å². The van der Waals surface area contributed by atoms with E-state index in [1.165, 1.54) is 12.0 Å². The number of rotatable bonds is 1. The molecule has 0 bridgehead atoms. The van der Waals surface area contributed by atoms with E-state index in [1.807, 2.05) is 6.07 Å². The topological polar surface area (TPSA) is 56.7 Å². The first-order valence-corrected chi connectivity index (χ1v) is 5.85. The van der Waals surface area contributed by atoms with Gasteiger partial charge in [-0.05, 0) is 25.0 Å². The SMILES string of the molecule is Cc1cc(N)sc1-c1nnc2n1CCC2. The molecule has 0 atom stereocenters. The fraction of sp³-hybridized carbons (Fsp3) is 0.400. The van der Waals surface area contributed by atoms with Gasteiger partial charge in [-0.15, -0.1) is 21.5 Å². The molecule has 0 spiro atoms. The molecular formula is C10H12N4S. The van der Waals surface area contributed by atoms with Crippen LogP contribution in [0.25, 0.3) is 10.7 Å². The number of aryl methyl sites for hydroxylation is 2. The number of hydrogen-bond donors (Lipinski definition) is 1. The monoisotopic (exact) mass is 220 g/mol. The van der Waals surface area contributed by atoms with Gasteiger partial charge in [0.05, 0.1) is 9.88 Å². The van der Waals surface area contributed by atoms with Crippen LogP contribution in [0.2, 0.25) is 0 Å². The summed E-state index contributed by atoms with van der Waals surface area (Å²) >= 11 is 1.59. The Morgan fingerprint density at radius 3 is 3.07 bits per heavy atom. The van der Waals surface area contributed by atoms with E-state index in [2.05, 4.69) is 21.7 Å². The molecule has 0 unspecified atom stereocenters. The van der Waals surface area contributed by atoms with Crippen molar-refractivity contribution in [1.82, 2.24) is 14.8 Å². The van der Waals surface area contributed by atoms with Gasteiger partial charge in [0, 0.05) is 13.0 Å². The molecule has 0 aromatic carbocycles. The summed E-state index contributed by atoms with van der Waals surface area (Å²) in [5, 5.41) is 9.30. The molecule has 0 saturated heterocycles. The number of hydrogen-bond acceptors (Lipinski definition) is 4. The van der Waals surface area contributed by atoms with Crippen LogP contribution < -0.4 is 5.73 Å². The Bertz CT molecular complexity index is 511. The molecular weight excluding hydrogens is 208 g/mol. The molecule has 5 heteroatoms. The van der Waals surface area contributed by atoms with E-state index in [9.17, 15) is 0 Å². The first kappa shape index (κ1) is 8.91. The second kappa shape index (κ2) is 3.06. The molecule has 0 fully saturated rings. The highest BCUT2D eigenvalue weighted by Crippen LogP contribution is 2.34. The molecule has 3 heterocycles. The molecule has 1 aliphatic heterocycles. The van der Waals surface area contributed by atoms with Crippen LogP contribution in [0.1, 0.15) is 17.8 Å². The van der Waals surface area contributed by atoms with E-state index in [1.54, 1.807) is 11.3 Å². The van der Waals surface area contributed by atoms with Crippen molar-refractivity contribution in [3.05, 3.63) is 17.5 Å². The molecule has 0 aliphatic carbocycles. The van der Waals surface area contributed by atoms with Gasteiger partial charge in [0.25, 0.3) is 0 Å². The lowest BCUT2D eigenvalue weighted by atomic mass is 10.3. The Hall–Kier alpha value is -1.36. The minimum atomic E-state index is 0.845. The molecule has 0 radical (unpaired) electrons. The predicted molar refractivity (Wildman–Crippen MR) is 60.8 cm³/mol. The third-order valence-electron chi connectivity index (χ3n) is 2.75. The van der Waals surface area contributed by atoms with Crippen LogP contribution in [0.5, 0.6) is 0 Å². The molecule has 78 valence electrons. The smallest absolute Gasteiger partial charge is 0.174 e. The van der Waals surface area contributed by atoms with E-state index in [-0.39, 0.29) is 0 Å². The molecule has 15 heavy (non-hydrogen) atoms. The van der Waals surface area contributed by atoms with Gasteiger partial charge in [0.1, 0.15) is 5.82 Å². The van der Waals surface area contributed by atoms with Crippen molar-refractivity contribution in [2.45, 2.75) is 26.3 Å². The summed E-state index contributed by atoms with van der Waals surface area (Å²) in [6.07, 6.45) is 2.23. The van der Waals surface area contributed by atoms with Crippen molar-refractivity contribution in [3.8, 4) is 10.7 Å². The van der Waals surface area contributed by atoms with E-state index in [0.29, 0.717) is 0 Å². The van der Waals surface area contributed by atoms with Crippen molar-refractivity contribution >= 4 is 16.3 Å². The molecule has 2 aromatic heterocycles. The van der Waals surface area contributed by atoms with Crippen molar-refractivity contribution in [2.75, 3.05) is 5.73 Å². The molecule has 0 amide bonds. The van der Waals surface area contributed by atoms with Crippen molar-refractivity contribution in [3.63, 3.8) is 0 Å². The minimum absolute atomic E-state index is 0.845. The molecule has 2 aromatic rings. The predicted octanol–water partition coefficient (Wildman–Crippen LogP) is 1.84. The molecule has 1 aliphatic rings. The quantitative estimate of drug-likeness (QED) is 0.797. The molecule has 0 saturated carbocycles. The van der Waals surface area contributed by atoms with Crippen LogP contribution in [-0.4, -0.2) is 14.8 Å². The molecule has 3 rings (SSSR count). The van der Waals surface area contributed by atoms with E-state index >= 15 is 0 Å². The van der Waals surface area contributed by atoms with Crippen LogP contribution in [0, 0.1) is 6.92 Å². The second-order valence-electron chi connectivity index (χ2n) is 3.86. The van der Waals surface area contributed by atoms with Crippen molar-refractivity contribution in [1.29, 1.82) is 0 Å². The summed E-state index contributed by atoms with van der Waals surface area (Å²) in [5.74, 6) is 2.10. The van der Waals surface area contributed by atoms with Gasteiger partial charge in [-0.25, -0.2) is 0 Å². The van der Waals surface area contributed by atoms with Crippen LogP contribution in [-0.2, 0) is 13.0 Å². The van der Waals surface area contributed by atoms with Crippen LogP contribution in [0.4, 0.5) is 5.00 Å². The highest BCUT2D eigenvalue weighted by atomic mass is 32.1. The number of aromatic nitrogens is 3. The number of nitrogens with two attached hydrogens (primary N) is 1. The molecule has 2 N–H and O–H groups in total. The summed E-state index contributed by atoms with van der Waals surface area (Å²) in [7, 11) is 0. The zero-order valence-corrected chi connectivity index (χ0v) is 9.34. The van der Waals surface area contributed by atoms with Crippen LogP contribution in [0.15, 0.2) is 6.07 Å². The lowest BCUT2D eigenvalue weighted by Crippen LogP contribution is -1.95. The highest BCUT2D eigenvalue weighted by Gasteiger charge is 2.20.